The number of nitrogens with one attached hydrogen (secondary N) is 1. The van der Waals surface area contributed by atoms with Gasteiger partial charge in [0, 0.05) is 19.5 Å². The summed E-state index contributed by atoms with van der Waals surface area (Å²) < 4.78 is 0. The van der Waals surface area contributed by atoms with Gasteiger partial charge in [0.15, 0.2) is 0 Å². The SMILES string of the molecule is CNN1C(=O)CCC1C. The molecule has 0 saturated carbocycles. The zero-order valence-corrected chi connectivity index (χ0v) is 5.85. The van der Waals surface area contributed by atoms with Crippen molar-refractivity contribution < 1.29 is 4.79 Å². The summed E-state index contributed by atoms with van der Waals surface area (Å²) in [5, 5.41) is 1.68. The van der Waals surface area contributed by atoms with Gasteiger partial charge < -0.3 is 0 Å². The van der Waals surface area contributed by atoms with Crippen LogP contribution in [0.4, 0.5) is 0 Å². The van der Waals surface area contributed by atoms with Crippen LogP contribution in [0.25, 0.3) is 0 Å². The average Bonchev–Trinajstić information content (AvgIpc) is 2.12. The molecule has 3 nitrogen and oxygen atoms in total. The molecule has 9 heavy (non-hydrogen) atoms. The molecule has 0 aromatic rings. The van der Waals surface area contributed by atoms with Crippen molar-refractivity contribution in [1.82, 2.24) is 10.4 Å². The molecule has 0 aromatic heterocycles. The van der Waals surface area contributed by atoms with Gasteiger partial charge in [0.1, 0.15) is 0 Å². The number of hydrogen-bond donors (Lipinski definition) is 1. The van der Waals surface area contributed by atoms with Crippen LogP contribution in [-0.4, -0.2) is 24.0 Å². The van der Waals surface area contributed by atoms with Crippen LogP contribution in [0.2, 0.25) is 0 Å². The highest BCUT2D eigenvalue weighted by Crippen LogP contribution is 2.14. The first-order valence-electron chi connectivity index (χ1n) is 3.25. The highest BCUT2D eigenvalue weighted by molar-refractivity contribution is 5.78. The summed E-state index contributed by atoms with van der Waals surface area (Å²) in [6.07, 6.45) is 1.68. The fourth-order valence-corrected chi connectivity index (χ4v) is 1.17. The van der Waals surface area contributed by atoms with E-state index < -0.39 is 0 Å². The zero-order valence-electron chi connectivity index (χ0n) is 5.85. The third-order valence-electron chi connectivity index (χ3n) is 1.73. The van der Waals surface area contributed by atoms with Crippen LogP contribution < -0.4 is 5.43 Å². The molecule has 0 bridgehead atoms. The molecule has 1 rings (SSSR count). The van der Waals surface area contributed by atoms with Crippen LogP contribution in [0.15, 0.2) is 0 Å². The van der Waals surface area contributed by atoms with E-state index >= 15 is 0 Å². The van der Waals surface area contributed by atoms with Crippen LogP contribution in [0.1, 0.15) is 19.8 Å². The fourth-order valence-electron chi connectivity index (χ4n) is 1.17. The maximum atomic E-state index is 10.9. The van der Waals surface area contributed by atoms with Crippen LogP contribution in [-0.2, 0) is 4.79 Å². The molecule has 1 saturated heterocycles. The Bertz CT molecular complexity index is 124. The first-order valence-corrected chi connectivity index (χ1v) is 3.25. The summed E-state index contributed by atoms with van der Waals surface area (Å²) >= 11 is 0. The van der Waals surface area contributed by atoms with Crippen LogP contribution >= 0.6 is 0 Å². The molecule has 1 N–H and O–H groups in total. The van der Waals surface area contributed by atoms with Gasteiger partial charge in [-0.15, -0.1) is 0 Å². The summed E-state index contributed by atoms with van der Waals surface area (Å²) in [4.78, 5) is 10.9. The maximum Gasteiger partial charge on any atom is 0.236 e. The van der Waals surface area contributed by atoms with Crippen molar-refractivity contribution in [2.45, 2.75) is 25.8 Å². The van der Waals surface area contributed by atoms with Gasteiger partial charge in [0.2, 0.25) is 5.91 Å². The Morgan fingerprint density at radius 3 is 2.67 bits per heavy atom. The van der Waals surface area contributed by atoms with Crippen molar-refractivity contribution in [2.24, 2.45) is 0 Å². The topological polar surface area (TPSA) is 32.3 Å². The highest BCUT2D eigenvalue weighted by atomic mass is 16.2. The summed E-state index contributed by atoms with van der Waals surface area (Å²) in [6, 6.07) is 0.377. The van der Waals surface area contributed by atoms with E-state index in [0.29, 0.717) is 12.5 Å². The van der Waals surface area contributed by atoms with Gasteiger partial charge >= 0.3 is 0 Å². The lowest BCUT2D eigenvalue weighted by atomic mass is 10.3. The quantitative estimate of drug-likeness (QED) is 0.544. The van der Waals surface area contributed by atoms with Crippen molar-refractivity contribution in [2.75, 3.05) is 7.05 Å². The normalized spacial score (nSPS) is 27.6. The van der Waals surface area contributed by atoms with Crippen molar-refractivity contribution in [3.05, 3.63) is 0 Å². The van der Waals surface area contributed by atoms with Crippen LogP contribution in [0.5, 0.6) is 0 Å². The van der Waals surface area contributed by atoms with E-state index in [9.17, 15) is 4.79 Å². The summed E-state index contributed by atoms with van der Waals surface area (Å²) in [5.74, 6) is 0.213. The minimum absolute atomic E-state index is 0.213. The van der Waals surface area contributed by atoms with E-state index in [1.165, 1.54) is 0 Å². The number of rotatable bonds is 1. The maximum absolute atomic E-state index is 10.9. The first-order chi connectivity index (χ1) is 4.25. The van der Waals surface area contributed by atoms with Gasteiger partial charge in [0.05, 0.1) is 0 Å². The van der Waals surface area contributed by atoms with Crippen molar-refractivity contribution in [3.63, 3.8) is 0 Å². The molecule has 1 aliphatic heterocycles. The molecule has 0 radical (unpaired) electrons. The number of hydrazine groups is 1. The van der Waals surface area contributed by atoms with Gasteiger partial charge in [0.25, 0.3) is 0 Å². The molecular formula is C6H12N2O. The molecule has 52 valence electrons. The van der Waals surface area contributed by atoms with Gasteiger partial charge in [-0.3, -0.25) is 9.80 Å². The molecule has 3 heteroatoms. The predicted molar refractivity (Wildman–Crippen MR) is 34.6 cm³/mol. The van der Waals surface area contributed by atoms with E-state index in [1.807, 2.05) is 6.92 Å². The van der Waals surface area contributed by atoms with E-state index in [4.69, 9.17) is 0 Å². The molecule has 1 heterocycles. The van der Waals surface area contributed by atoms with E-state index in [-0.39, 0.29) is 5.91 Å². The number of hydrogen-bond acceptors (Lipinski definition) is 2. The summed E-state index contributed by atoms with van der Waals surface area (Å²) in [7, 11) is 1.78. The predicted octanol–water partition coefficient (Wildman–Crippen LogP) is 0.132. The molecule has 1 amide bonds. The third kappa shape index (κ3) is 1.05. The molecule has 1 unspecified atom stereocenters. The van der Waals surface area contributed by atoms with Crippen molar-refractivity contribution >= 4 is 5.91 Å². The second-order valence-electron chi connectivity index (χ2n) is 2.38. The molecule has 0 aromatic carbocycles. The van der Waals surface area contributed by atoms with E-state index in [1.54, 1.807) is 12.1 Å². The Hall–Kier alpha value is -0.570. The average molecular weight is 128 g/mol. The summed E-state index contributed by atoms with van der Waals surface area (Å²) in [5.41, 5.74) is 2.85. The fraction of sp³-hybridized carbons (Fsp3) is 0.833. The smallest absolute Gasteiger partial charge is 0.236 e. The Balaban J connectivity index is 2.55. The van der Waals surface area contributed by atoms with Crippen molar-refractivity contribution in [3.8, 4) is 0 Å². The van der Waals surface area contributed by atoms with Crippen LogP contribution in [0.3, 0.4) is 0 Å². The van der Waals surface area contributed by atoms with Gasteiger partial charge in [-0.25, -0.2) is 5.43 Å². The third-order valence-corrected chi connectivity index (χ3v) is 1.73. The lowest BCUT2D eigenvalue weighted by Crippen LogP contribution is -2.40. The standard InChI is InChI=1S/C6H12N2O/c1-5-3-4-6(9)8(5)7-2/h5,7H,3-4H2,1-2H3. The minimum atomic E-state index is 0.213. The highest BCUT2D eigenvalue weighted by Gasteiger charge is 2.25. The van der Waals surface area contributed by atoms with Crippen LogP contribution in [0, 0.1) is 0 Å². The van der Waals surface area contributed by atoms with Gasteiger partial charge in [-0.1, -0.05) is 0 Å². The zero-order chi connectivity index (χ0) is 6.85. The van der Waals surface area contributed by atoms with E-state index in [2.05, 4.69) is 5.43 Å². The molecular weight excluding hydrogens is 116 g/mol. The Labute approximate surface area is 55.0 Å². The molecule has 1 atom stereocenters. The number of nitrogens with zero attached hydrogens (tertiary/aromatic N) is 1. The lowest BCUT2D eigenvalue weighted by Gasteiger charge is -2.18. The molecule has 1 fully saturated rings. The molecule has 0 aliphatic carbocycles. The van der Waals surface area contributed by atoms with Gasteiger partial charge in [-0.05, 0) is 13.3 Å². The number of carbonyl (C=O) groups excluding carboxylic acids is 1. The summed E-state index contributed by atoms with van der Waals surface area (Å²) in [6.45, 7) is 2.04. The largest absolute Gasteiger partial charge is 0.275 e. The Morgan fingerprint density at radius 1 is 1.78 bits per heavy atom. The Morgan fingerprint density at radius 2 is 2.44 bits per heavy atom. The lowest BCUT2D eigenvalue weighted by molar-refractivity contribution is -0.131. The van der Waals surface area contributed by atoms with Crippen molar-refractivity contribution in [1.29, 1.82) is 0 Å². The Kier molecular flexibility index (Phi) is 1.71. The second-order valence-corrected chi connectivity index (χ2v) is 2.38. The molecule has 1 aliphatic rings. The second kappa shape index (κ2) is 2.35. The molecule has 0 spiro atoms. The minimum Gasteiger partial charge on any atom is -0.275 e. The first kappa shape index (κ1) is 6.55. The van der Waals surface area contributed by atoms with Gasteiger partial charge in [-0.2, -0.15) is 0 Å². The number of carbonyl (C=O) groups is 1. The van der Waals surface area contributed by atoms with E-state index in [0.717, 1.165) is 6.42 Å². The number of amides is 1. The monoisotopic (exact) mass is 128 g/mol.